The number of hydrogen-bond donors (Lipinski definition) is 2. The second-order valence-electron chi connectivity index (χ2n) is 6.56. The Morgan fingerprint density at radius 3 is 2.41 bits per heavy atom. The number of ether oxygens (including phenoxy) is 2. The monoisotopic (exact) mass is 503 g/mol. The number of carbonyl (C=O) groups is 3. The highest BCUT2D eigenvalue weighted by Gasteiger charge is 2.16. The van der Waals surface area contributed by atoms with Crippen molar-refractivity contribution in [2.75, 3.05) is 12.4 Å². The Balaban J connectivity index is 1.61. The fraction of sp³-hybridized carbons (Fsp3) is 0.0435. The van der Waals surface area contributed by atoms with Gasteiger partial charge in [0.2, 0.25) is 0 Å². The first-order chi connectivity index (χ1) is 16.3. The zero-order valence-electron chi connectivity index (χ0n) is 17.5. The lowest BCUT2D eigenvalue weighted by molar-refractivity contribution is -0.136. The van der Waals surface area contributed by atoms with E-state index in [1.807, 2.05) is 0 Å². The molecule has 3 rings (SSSR count). The summed E-state index contributed by atoms with van der Waals surface area (Å²) < 4.78 is 23.8. The number of methoxy groups -OCH3 is 1. The second-order valence-corrected chi connectivity index (χ2v) is 7.38. The van der Waals surface area contributed by atoms with Gasteiger partial charge >= 0.3 is 17.8 Å². The lowest BCUT2D eigenvalue weighted by atomic mass is 10.2. The summed E-state index contributed by atoms with van der Waals surface area (Å²) in [5.74, 6) is -3.04. The van der Waals surface area contributed by atoms with Gasteiger partial charge in [0, 0.05) is 5.69 Å². The molecule has 0 unspecified atom stereocenters. The van der Waals surface area contributed by atoms with E-state index in [4.69, 9.17) is 32.7 Å². The van der Waals surface area contributed by atoms with Crippen molar-refractivity contribution in [3.05, 3.63) is 87.7 Å². The van der Waals surface area contributed by atoms with Crippen molar-refractivity contribution < 1.29 is 28.2 Å². The molecule has 0 saturated carbocycles. The van der Waals surface area contributed by atoms with E-state index in [0.717, 1.165) is 12.1 Å². The lowest BCUT2D eigenvalue weighted by Gasteiger charge is -2.10. The van der Waals surface area contributed by atoms with Gasteiger partial charge in [-0.25, -0.2) is 14.6 Å². The van der Waals surface area contributed by atoms with Gasteiger partial charge in [-0.1, -0.05) is 35.3 Å². The zero-order valence-corrected chi connectivity index (χ0v) is 19.0. The van der Waals surface area contributed by atoms with E-state index in [2.05, 4.69) is 15.8 Å². The first kappa shape index (κ1) is 24.7. The van der Waals surface area contributed by atoms with Crippen LogP contribution in [-0.4, -0.2) is 31.1 Å². The van der Waals surface area contributed by atoms with Crippen molar-refractivity contribution in [3.63, 3.8) is 0 Å². The lowest BCUT2D eigenvalue weighted by Crippen LogP contribution is -2.32. The molecule has 0 saturated heterocycles. The van der Waals surface area contributed by atoms with Crippen molar-refractivity contribution in [2.24, 2.45) is 5.10 Å². The van der Waals surface area contributed by atoms with Crippen LogP contribution in [0.3, 0.4) is 0 Å². The molecule has 34 heavy (non-hydrogen) atoms. The van der Waals surface area contributed by atoms with E-state index in [1.54, 1.807) is 24.3 Å². The molecule has 0 aromatic heterocycles. The molecule has 11 heteroatoms. The first-order valence-corrected chi connectivity index (χ1v) is 10.3. The van der Waals surface area contributed by atoms with Crippen LogP contribution in [0.15, 0.2) is 65.8 Å². The van der Waals surface area contributed by atoms with Gasteiger partial charge in [0.15, 0.2) is 11.5 Å². The van der Waals surface area contributed by atoms with E-state index in [-0.39, 0.29) is 32.8 Å². The summed E-state index contributed by atoms with van der Waals surface area (Å²) in [6.45, 7) is 0. The van der Waals surface area contributed by atoms with E-state index in [0.29, 0.717) is 5.56 Å². The number of hydrogen-bond acceptors (Lipinski definition) is 6. The number of halogens is 3. The predicted molar refractivity (Wildman–Crippen MR) is 125 cm³/mol. The van der Waals surface area contributed by atoms with Crippen molar-refractivity contribution in [3.8, 4) is 11.5 Å². The molecule has 0 fully saturated rings. The number of anilines is 1. The fourth-order valence-electron chi connectivity index (χ4n) is 2.61. The van der Waals surface area contributed by atoms with Gasteiger partial charge in [0.1, 0.15) is 5.82 Å². The highest BCUT2D eigenvalue weighted by Crippen LogP contribution is 2.29. The molecule has 0 heterocycles. The summed E-state index contributed by atoms with van der Waals surface area (Å²) in [6.07, 6.45) is 1.25. The highest BCUT2D eigenvalue weighted by molar-refractivity contribution is 6.39. The van der Waals surface area contributed by atoms with Crippen LogP contribution in [0.4, 0.5) is 10.1 Å². The summed E-state index contributed by atoms with van der Waals surface area (Å²) in [5, 5.41) is 6.02. The van der Waals surface area contributed by atoms with E-state index in [1.165, 1.54) is 37.6 Å². The van der Waals surface area contributed by atoms with Crippen LogP contribution < -0.4 is 20.2 Å². The number of nitrogens with zero attached hydrogens (tertiary/aromatic N) is 1. The molecule has 2 N–H and O–H groups in total. The number of rotatable bonds is 6. The molecule has 0 spiro atoms. The molecule has 2 amide bonds. The molecule has 174 valence electrons. The summed E-state index contributed by atoms with van der Waals surface area (Å²) in [6, 6.07) is 14.4. The van der Waals surface area contributed by atoms with Crippen LogP contribution in [0.2, 0.25) is 10.0 Å². The van der Waals surface area contributed by atoms with Crippen molar-refractivity contribution in [2.45, 2.75) is 0 Å². The Hall–Kier alpha value is -3.95. The van der Waals surface area contributed by atoms with Crippen LogP contribution in [-0.2, 0) is 9.59 Å². The van der Waals surface area contributed by atoms with E-state index >= 15 is 0 Å². The maximum Gasteiger partial charge on any atom is 0.345 e. The van der Waals surface area contributed by atoms with Crippen LogP contribution in [0.25, 0.3) is 0 Å². The molecule has 8 nitrogen and oxygen atoms in total. The molecule has 3 aromatic carbocycles. The molecular formula is C23H16Cl2FN3O5. The normalized spacial score (nSPS) is 10.6. The van der Waals surface area contributed by atoms with Gasteiger partial charge in [-0.15, -0.1) is 0 Å². The number of benzene rings is 3. The predicted octanol–water partition coefficient (Wildman–Crippen LogP) is 4.45. The number of esters is 1. The quantitative estimate of drug-likeness (QED) is 0.170. The smallest absolute Gasteiger partial charge is 0.345 e. The first-order valence-electron chi connectivity index (χ1n) is 9.52. The van der Waals surface area contributed by atoms with Crippen molar-refractivity contribution in [1.29, 1.82) is 0 Å². The number of hydrazone groups is 1. The topological polar surface area (TPSA) is 106 Å². The Morgan fingerprint density at radius 2 is 1.71 bits per heavy atom. The molecule has 0 bridgehead atoms. The van der Waals surface area contributed by atoms with Crippen LogP contribution >= 0.6 is 23.2 Å². The molecule has 0 aliphatic rings. The SMILES string of the molecule is COc1cc(/C=N/NC(=O)C(=O)Nc2ccc(F)c(Cl)c2)ccc1OC(=O)c1ccccc1Cl. The van der Waals surface area contributed by atoms with Gasteiger partial charge in [-0.3, -0.25) is 9.59 Å². The minimum atomic E-state index is -1.06. The van der Waals surface area contributed by atoms with Gasteiger partial charge in [0.05, 0.1) is 28.9 Å². The standard InChI is InChI=1S/C23H16Cl2FN3O5/c1-33-20-10-13(6-9-19(20)34-23(32)15-4-2-3-5-16(15)24)12-27-29-22(31)21(30)28-14-7-8-18(26)17(25)11-14/h2-12H,1H3,(H,28,30)(H,29,31)/b27-12+. The Bertz CT molecular complexity index is 1280. The Kier molecular flexibility index (Phi) is 8.18. The minimum absolute atomic E-state index is 0.141. The number of amides is 2. The zero-order chi connectivity index (χ0) is 24.7. The van der Waals surface area contributed by atoms with Crippen LogP contribution in [0, 0.1) is 5.82 Å². The summed E-state index contributed by atoms with van der Waals surface area (Å²) >= 11 is 11.7. The van der Waals surface area contributed by atoms with Gasteiger partial charge in [-0.2, -0.15) is 5.10 Å². The molecule has 0 atom stereocenters. The van der Waals surface area contributed by atoms with Crippen molar-refractivity contribution >= 4 is 52.9 Å². The molecule has 0 radical (unpaired) electrons. The average Bonchev–Trinajstić information content (AvgIpc) is 2.82. The van der Waals surface area contributed by atoms with Crippen LogP contribution in [0.5, 0.6) is 11.5 Å². The molecule has 0 aliphatic carbocycles. The number of carbonyl (C=O) groups excluding carboxylic acids is 3. The average molecular weight is 504 g/mol. The molecule has 3 aromatic rings. The van der Waals surface area contributed by atoms with Crippen molar-refractivity contribution in [1.82, 2.24) is 5.43 Å². The van der Waals surface area contributed by atoms with Crippen LogP contribution in [0.1, 0.15) is 15.9 Å². The van der Waals surface area contributed by atoms with Gasteiger partial charge in [0.25, 0.3) is 0 Å². The van der Waals surface area contributed by atoms with Gasteiger partial charge in [-0.05, 0) is 54.1 Å². The summed E-state index contributed by atoms with van der Waals surface area (Å²) in [7, 11) is 1.39. The minimum Gasteiger partial charge on any atom is -0.493 e. The maximum absolute atomic E-state index is 13.2. The molecular weight excluding hydrogens is 488 g/mol. The second kappa shape index (κ2) is 11.3. The van der Waals surface area contributed by atoms with Gasteiger partial charge < -0.3 is 14.8 Å². The largest absolute Gasteiger partial charge is 0.493 e. The van der Waals surface area contributed by atoms with E-state index in [9.17, 15) is 18.8 Å². The summed E-state index contributed by atoms with van der Waals surface area (Å²) in [4.78, 5) is 36.2. The maximum atomic E-state index is 13.2. The third kappa shape index (κ3) is 6.31. The fourth-order valence-corrected chi connectivity index (χ4v) is 3.00. The third-order valence-electron chi connectivity index (χ3n) is 4.25. The highest BCUT2D eigenvalue weighted by atomic mass is 35.5. The number of nitrogens with one attached hydrogen (secondary N) is 2. The summed E-state index contributed by atoms with van der Waals surface area (Å²) in [5.41, 5.74) is 2.87. The molecule has 0 aliphatic heterocycles. The van der Waals surface area contributed by atoms with E-state index < -0.39 is 23.6 Å². The Labute approximate surface area is 203 Å². The third-order valence-corrected chi connectivity index (χ3v) is 4.87. The Morgan fingerprint density at radius 1 is 0.941 bits per heavy atom.